The monoisotopic (exact) mass is 438 g/mol. The number of benzene rings is 2. The van der Waals surface area contributed by atoms with Crippen molar-refractivity contribution in [1.82, 2.24) is 0 Å². The van der Waals surface area contributed by atoms with Crippen LogP contribution in [0.25, 0.3) is 29.0 Å². The van der Waals surface area contributed by atoms with Crippen LogP contribution in [-0.2, 0) is 6.42 Å². The summed E-state index contributed by atoms with van der Waals surface area (Å²) in [5, 5.41) is 2.68. The number of aryl methyl sites for hydroxylation is 1. The molecule has 0 bridgehead atoms. The van der Waals surface area contributed by atoms with Gasteiger partial charge in [0.15, 0.2) is 0 Å². The Labute approximate surface area is 197 Å². The fourth-order valence-electron chi connectivity index (χ4n) is 5.10. The zero-order valence-corrected chi connectivity index (χ0v) is 20.6. The van der Waals surface area contributed by atoms with Crippen LogP contribution >= 0.6 is 11.3 Å². The van der Waals surface area contributed by atoms with Crippen LogP contribution in [0.4, 0.5) is 0 Å². The third kappa shape index (κ3) is 4.19. The third-order valence-electron chi connectivity index (χ3n) is 6.95. The summed E-state index contributed by atoms with van der Waals surface area (Å²) in [6.07, 6.45) is 16.6. The Bertz CT molecular complexity index is 1210. The van der Waals surface area contributed by atoms with E-state index in [4.69, 9.17) is 0 Å². The van der Waals surface area contributed by atoms with Gasteiger partial charge < -0.3 is 0 Å². The minimum Gasteiger partial charge on any atom is -0.140 e. The van der Waals surface area contributed by atoms with Gasteiger partial charge in [-0.05, 0) is 71.7 Å². The van der Waals surface area contributed by atoms with E-state index < -0.39 is 0 Å². The molecule has 1 heteroatoms. The number of allylic oxidation sites excluding steroid dienone is 4. The highest BCUT2D eigenvalue weighted by atomic mass is 32.1. The van der Waals surface area contributed by atoms with E-state index in [1.54, 1.807) is 5.57 Å². The molecule has 0 saturated carbocycles. The molecule has 1 aliphatic rings. The molecule has 1 heterocycles. The van der Waals surface area contributed by atoms with E-state index in [0.29, 0.717) is 11.8 Å². The maximum atomic E-state index is 3.83. The van der Waals surface area contributed by atoms with Crippen molar-refractivity contribution < 1.29 is 0 Å². The molecule has 0 spiro atoms. The van der Waals surface area contributed by atoms with E-state index in [0.717, 1.165) is 12.8 Å². The highest BCUT2D eigenvalue weighted by Gasteiger charge is 2.28. The molecular weight excluding hydrogens is 404 g/mol. The minimum absolute atomic E-state index is 0.440. The molecule has 0 saturated heterocycles. The highest BCUT2D eigenvalue weighted by molar-refractivity contribution is 7.13. The molecule has 0 fully saturated rings. The van der Waals surface area contributed by atoms with Crippen molar-refractivity contribution >= 4 is 40.3 Å². The Hall–Kier alpha value is -2.64. The topological polar surface area (TPSA) is 0 Å². The predicted octanol–water partition coefficient (Wildman–Crippen LogP) is 9.60. The third-order valence-corrected chi connectivity index (χ3v) is 8.28. The molecule has 1 aliphatic carbocycles. The molecule has 0 radical (unpaired) electrons. The standard InChI is InChI=1S/C31H34S/c1-6-9-15-29-22(5)28-20-24(17-19-30(28)32-29)31(21(4)8-3)27-18-16-23-13-10-11-14-25(23)26(27)12-7-2/h6-7,9-16,18,20-21,31H,1,8,17,19H2,2-5H3. The molecule has 0 N–H and O–H groups in total. The summed E-state index contributed by atoms with van der Waals surface area (Å²) in [6, 6.07) is 13.5. The van der Waals surface area contributed by atoms with Crippen molar-refractivity contribution in [1.29, 1.82) is 0 Å². The van der Waals surface area contributed by atoms with Gasteiger partial charge in [0, 0.05) is 15.7 Å². The molecule has 2 unspecified atom stereocenters. The maximum absolute atomic E-state index is 3.83. The average molecular weight is 439 g/mol. The van der Waals surface area contributed by atoms with E-state index in [-0.39, 0.29) is 0 Å². The van der Waals surface area contributed by atoms with Crippen LogP contribution in [0.3, 0.4) is 0 Å². The highest BCUT2D eigenvalue weighted by Crippen LogP contribution is 2.45. The van der Waals surface area contributed by atoms with Gasteiger partial charge in [0.05, 0.1) is 0 Å². The summed E-state index contributed by atoms with van der Waals surface area (Å²) < 4.78 is 0. The van der Waals surface area contributed by atoms with Gasteiger partial charge in [-0.2, -0.15) is 0 Å². The fourth-order valence-corrected chi connectivity index (χ4v) is 6.30. The first-order valence-corrected chi connectivity index (χ1v) is 12.7. The van der Waals surface area contributed by atoms with Crippen LogP contribution in [0, 0.1) is 12.8 Å². The molecular formula is C31H34S. The van der Waals surface area contributed by atoms with Crippen molar-refractivity contribution in [3.05, 3.63) is 98.8 Å². The van der Waals surface area contributed by atoms with E-state index in [1.807, 2.05) is 17.4 Å². The van der Waals surface area contributed by atoms with Crippen LogP contribution in [0.1, 0.15) is 71.5 Å². The molecule has 2 aromatic carbocycles. The molecule has 2 atom stereocenters. The van der Waals surface area contributed by atoms with Crippen molar-refractivity contribution in [3.63, 3.8) is 0 Å². The van der Waals surface area contributed by atoms with Crippen LogP contribution in [0.15, 0.2) is 66.8 Å². The molecule has 3 aromatic rings. The summed E-state index contributed by atoms with van der Waals surface area (Å²) >= 11 is 1.95. The van der Waals surface area contributed by atoms with Gasteiger partial charge in [0.2, 0.25) is 0 Å². The van der Waals surface area contributed by atoms with Crippen molar-refractivity contribution in [2.24, 2.45) is 5.92 Å². The number of rotatable bonds is 7. The summed E-state index contributed by atoms with van der Waals surface area (Å²) in [5.74, 6) is 1.03. The Morgan fingerprint density at radius 3 is 2.66 bits per heavy atom. The van der Waals surface area contributed by atoms with Gasteiger partial charge in [0.1, 0.15) is 0 Å². The van der Waals surface area contributed by atoms with E-state index in [9.17, 15) is 0 Å². The lowest BCUT2D eigenvalue weighted by Crippen LogP contribution is -2.16. The summed E-state index contributed by atoms with van der Waals surface area (Å²) in [6.45, 7) is 13.0. The Morgan fingerprint density at radius 2 is 1.91 bits per heavy atom. The van der Waals surface area contributed by atoms with E-state index in [2.05, 4.69) is 101 Å². The lowest BCUT2D eigenvalue weighted by molar-refractivity contribution is 0.481. The molecule has 32 heavy (non-hydrogen) atoms. The van der Waals surface area contributed by atoms with Crippen LogP contribution in [0.2, 0.25) is 0 Å². The minimum atomic E-state index is 0.440. The lowest BCUT2D eigenvalue weighted by Gasteiger charge is -2.30. The lowest BCUT2D eigenvalue weighted by atomic mass is 9.74. The van der Waals surface area contributed by atoms with Crippen molar-refractivity contribution in [2.45, 2.75) is 52.9 Å². The zero-order chi connectivity index (χ0) is 22.7. The summed E-state index contributed by atoms with van der Waals surface area (Å²) in [7, 11) is 0. The van der Waals surface area contributed by atoms with Gasteiger partial charge in [-0.3, -0.25) is 0 Å². The summed E-state index contributed by atoms with van der Waals surface area (Å²) in [5.41, 5.74) is 7.33. The second kappa shape index (κ2) is 9.88. The molecule has 0 aliphatic heterocycles. The predicted molar refractivity (Wildman–Crippen MR) is 145 cm³/mol. The number of thiophene rings is 1. The quantitative estimate of drug-likeness (QED) is 0.322. The van der Waals surface area contributed by atoms with E-state index in [1.165, 1.54) is 49.2 Å². The fraction of sp³-hybridized carbons (Fsp3) is 0.290. The maximum Gasteiger partial charge on any atom is 0.0308 e. The number of hydrogen-bond donors (Lipinski definition) is 0. The first kappa shape index (κ1) is 22.6. The Morgan fingerprint density at radius 1 is 1.09 bits per heavy atom. The first-order valence-electron chi connectivity index (χ1n) is 11.8. The Kier molecular flexibility index (Phi) is 6.96. The van der Waals surface area contributed by atoms with Gasteiger partial charge >= 0.3 is 0 Å². The van der Waals surface area contributed by atoms with E-state index >= 15 is 0 Å². The second-order valence-corrected chi connectivity index (χ2v) is 10.0. The normalized spacial score (nSPS) is 15.8. The average Bonchev–Trinajstić information content (AvgIpc) is 3.14. The van der Waals surface area contributed by atoms with Crippen molar-refractivity contribution in [3.8, 4) is 0 Å². The number of hydrogen-bond acceptors (Lipinski definition) is 1. The van der Waals surface area contributed by atoms with Crippen molar-refractivity contribution in [2.75, 3.05) is 0 Å². The molecule has 4 rings (SSSR count). The van der Waals surface area contributed by atoms with Crippen LogP contribution < -0.4 is 0 Å². The molecule has 0 nitrogen and oxygen atoms in total. The zero-order valence-electron chi connectivity index (χ0n) is 19.8. The first-order chi connectivity index (χ1) is 15.6. The van der Waals surface area contributed by atoms with Gasteiger partial charge in [-0.15, -0.1) is 11.3 Å². The molecule has 0 amide bonds. The molecule has 164 valence electrons. The van der Waals surface area contributed by atoms with Crippen LogP contribution in [0.5, 0.6) is 0 Å². The van der Waals surface area contributed by atoms with Gasteiger partial charge in [-0.25, -0.2) is 0 Å². The Balaban J connectivity index is 1.87. The largest absolute Gasteiger partial charge is 0.140 e. The van der Waals surface area contributed by atoms with Crippen LogP contribution in [-0.4, -0.2) is 0 Å². The van der Waals surface area contributed by atoms with Gasteiger partial charge in [-0.1, -0.05) is 99.2 Å². The number of fused-ring (bicyclic) bond motifs is 2. The summed E-state index contributed by atoms with van der Waals surface area (Å²) in [4.78, 5) is 2.90. The SMILES string of the molecule is C=CC=Cc1sc2c(c1C)C=C(C(c1ccc3ccccc3c1C=CC)C(C)CC)CC2. The smallest absolute Gasteiger partial charge is 0.0308 e. The molecule has 1 aromatic heterocycles. The van der Waals surface area contributed by atoms with Gasteiger partial charge in [0.25, 0.3) is 0 Å². The second-order valence-electron chi connectivity index (χ2n) is 8.90.